The first-order chi connectivity index (χ1) is 10.7. The fourth-order valence-electron chi connectivity index (χ4n) is 2.91. The van der Waals surface area contributed by atoms with Gasteiger partial charge < -0.3 is 11.1 Å². The van der Waals surface area contributed by atoms with Gasteiger partial charge in [-0.3, -0.25) is 9.69 Å². The SMILES string of the molecule is CC(CNC(=O)CCCCCCN)N1CCc2sccc2C1. The van der Waals surface area contributed by atoms with E-state index in [1.165, 1.54) is 10.4 Å². The second kappa shape index (κ2) is 9.28. The van der Waals surface area contributed by atoms with Gasteiger partial charge in [-0.15, -0.1) is 11.3 Å². The Morgan fingerprint density at radius 1 is 1.41 bits per heavy atom. The lowest BCUT2D eigenvalue weighted by atomic mass is 10.1. The molecule has 0 fully saturated rings. The van der Waals surface area contributed by atoms with Gasteiger partial charge in [-0.2, -0.15) is 0 Å². The van der Waals surface area contributed by atoms with E-state index in [4.69, 9.17) is 5.73 Å². The fourth-order valence-corrected chi connectivity index (χ4v) is 3.80. The van der Waals surface area contributed by atoms with E-state index in [0.717, 1.165) is 58.3 Å². The van der Waals surface area contributed by atoms with Gasteiger partial charge in [-0.05, 0) is 49.7 Å². The molecule has 1 aliphatic rings. The van der Waals surface area contributed by atoms with Crippen molar-refractivity contribution in [1.29, 1.82) is 0 Å². The van der Waals surface area contributed by atoms with E-state index in [2.05, 4.69) is 28.6 Å². The predicted octanol–water partition coefficient (Wildman–Crippen LogP) is 2.52. The lowest BCUT2D eigenvalue weighted by Crippen LogP contribution is -2.44. The number of nitrogens with one attached hydrogen (secondary N) is 1. The molecule has 1 aromatic heterocycles. The number of rotatable bonds is 9. The maximum atomic E-state index is 11.9. The standard InChI is InChI=1S/C17H29N3OS/c1-14(12-19-17(21)6-4-2-3-5-9-18)20-10-7-16-15(13-20)8-11-22-16/h8,11,14H,2-7,9-10,12-13,18H2,1H3,(H,19,21). The summed E-state index contributed by atoms with van der Waals surface area (Å²) in [6.45, 7) is 5.84. The molecular weight excluding hydrogens is 294 g/mol. The first-order valence-corrected chi connectivity index (χ1v) is 9.34. The van der Waals surface area contributed by atoms with Crippen LogP contribution in [0.4, 0.5) is 0 Å². The van der Waals surface area contributed by atoms with E-state index < -0.39 is 0 Å². The number of thiophene rings is 1. The van der Waals surface area contributed by atoms with Gasteiger partial charge in [0.05, 0.1) is 0 Å². The number of hydrogen-bond donors (Lipinski definition) is 2. The van der Waals surface area contributed by atoms with Crippen LogP contribution in [0.15, 0.2) is 11.4 Å². The molecule has 0 radical (unpaired) electrons. The molecule has 0 bridgehead atoms. The summed E-state index contributed by atoms with van der Waals surface area (Å²) < 4.78 is 0. The number of nitrogens with two attached hydrogens (primary N) is 1. The van der Waals surface area contributed by atoms with Crippen LogP contribution in [0.1, 0.15) is 49.5 Å². The van der Waals surface area contributed by atoms with E-state index >= 15 is 0 Å². The van der Waals surface area contributed by atoms with Gasteiger partial charge in [0.15, 0.2) is 0 Å². The van der Waals surface area contributed by atoms with E-state index in [1.807, 2.05) is 11.3 Å². The summed E-state index contributed by atoms with van der Waals surface area (Å²) in [6, 6.07) is 2.63. The molecule has 0 spiro atoms. The van der Waals surface area contributed by atoms with Crippen molar-refractivity contribution in [3.63, 3.8) is 0 Å². The second-order valence-electron chi connectivity index (χ2n) is 6.20. The van der Waals surface area contributed by atoms with E-state index in [-0.39, 0.29) is 5.91 Å². The van der Waals surface area contributed by atoms with E-state index in [9.17, 15) is 4.79 Å². The van der Waals surface area contributed by atoms with Gasteiger partial charge in [0.25, 0.3) is 0 Å². The molecule has 22 heavy (non-hydrogen) atoms. The third-order valence-corrected chi connectivity index (χ3v) is 5.44. The van der Waals surface area contributed by atoms with E-state index in [1.54, 1.807) is 0 Å². The number of fused-ring (bicyclic) bond motifs is 1. The molecule has 124 valence electrons. The van der Waals surface area contributed by atoms with Crippen molar-refractivity contribution in [2.45, 2.75) is 58.0 Å². The van der Waals surface area contributed by atoms with Crippen LogP contribution in [-0.2, 0) is 17.8 Å². The Bertz CT molecular complexity index is 461. The van der Waals surface area contributed by atoms with Gasteiger partial charge in [0, 0.05) is 37.0 Å². The molecule has 3 N–H and O–H groups in total. The van der Waals surface area contributed by atoms with Crippen molar-refractivity contribution in [1.82, 2.24) is 10.2 Å². The third kappa shape index (κ3) is 5.38. The van der Waals surface area contributed by atoms with Gasteiger partial charge in [0.2, 0.25) is 5.91 Å². The first-order valence-electron chi connectivity index (χ1n) is 8.46. The molecule has 0 aliphatic carbocycles. The first kappa shape index (κ1) is 17.4. The minimum absolute atomic E-state index is 0.188. The van der Waals surface area contributed by atoms with Crippen LogP contribution < -0.4 is 11.1 Å². The monoisotopic (exact) mass is 323 g/mol. The minimum atomic E-state index is 0.188. The van der Waals surface area contributed by atoms with Crippen molar-refractivity contribution < 1.29 is 4.79 Å². The fraction of sp³-hybridized carbons (Fsp3) is 0.706. The zero-order valence-electron chi connectivity index (χ0n) is 13.6. The van der Waals surface area contributed by atoms with Crippen molar-refractivity contribution in [2.24, 2.45) is 5.73 Å². The Kier molecular flexibility index (Phi) is 7.36. The number of hydrogen-bond acceptors (Lipinski definition) is 4. The Labute approximate surface area is 138 Å². The summed E-state index contributed by atoms with van der Waals surface area (Å²) in [6.07, 6.45) is 6.07. The average Bonchev–Trinajstić information content (AvgIpc) is 2.99. The quantitative estimate of drug-likeness (QED) is 0.687. The van der Waals surface area contributed by atoms with Crippen LogP contribution in [0, 0.1) is 0 Å². The van der Waals surface area contributed by atoms with Crippen LogP contribution in [0.5, 0.6) is 0 Å². The predicted molar refractivity (Wildman–Crippen MR) is 93.0 cm³/mol. The van der Waals surface area contributed by atoms with Gasteiger partial charge >= 0.3 is 0 Å². The van der Waals surface area contributed by atoms with Crippen LogP contribution in [-0.4, -0.2) is 36.5 Å². The summed E-state index contributed by atoms with van der Waals surface area (Å²) in [5.41, 5.74) is 6.93. The van der Waals surface area contributed by atoms with Crippen molar-refractivity contribution >= 4 is 17.2 Å². The summed E-state index contributed by atoms with van der Waals surface area (Å²) in [7, 11) is 0. The van der Waals surface area contributed by atoms with Gasteiger partial charge in [-0.1, -0.05) is 12.8 Å². The maximum absolute atomic E-state index is 11.9. The van der Waals surface area contributed by atoms with Gasteiger partial charge in [0.1, 0.15) is 0 Å². The number of unbranched alkanes of at least 4 members (excludes halogenated alkanes) is 3. The molecule has 4 nitrogen and oxygen atoms in total. The van der Waals surface area contributed by atoms with Gasteiger partial charge in [-0.25, -0.2) is 0 Å². The molecular formula is C17H29N3OS. The van der Waals surface area contributed by atoms with Crippen molar-refractivity contribution in [3.05, 3.63) is 21.9 Å². The van der Waals surface area contributed by atoms with Crippen LogP contribution >= 0.6 is 11.3 Å². The minimum Gasteiger partial charge on any atom is -0.355 e. The molecule has 1 atom stereocenters. The summed E-state index contributed by atoms with van der Waals surface area (Å²) in [5, 5.41) is 5.27. The second-order valence-corrected chi connectivity index (χ2v) is 7.20. The molecule has 5 heteroatoms. The Balaban J connectivity index is 1.61. The molecule has 1 unspecified atom stereocenters. The Morgan fingerprint density at radius 3 is 3.05 bits per heavy atom. The largest absolute Gasteiger partial charge is 0.355 e. The Morgan fingerprint density at radius 2 is 2.23 bits per heavy atom. The molecule has 0 saturated heterocycles. The molecule has 2 heterocycles. The third-order valence-electron chi connectivity index (χ3n) is 4.41. The van der Waals surface area contributed by atoms with Crippen LogP contribution in [0.25, 0.3) is 0 Å². The highest BCUT2D eigenvalue weighted by molar-refractivity contribution is 7.10. The van der Waals surface area contributed by atoms with Crippen LogP contribution in [0.2, 0.25) is 0 Å². The highest BCUT2D eigenvalue weighted by Gasteiger charge is 2.21. The highest BCUT2D eigenvalue weighted by Crippen LogP contribution is 2.24. The molecule has 1 amide bonds. The van der Waals surface area contributed by atoms with Crippen LogP contribution in [0.3, 0.4) is 0 Å². The smallest absolute Gasteiger partial charge is 0.220 e. The maximum Gasteiger partial charge on any atom is 0.220 e. The normalized spacial score (nSPS) is 16.3. The number of amides is 1. The zero-order valence-corrected chi connectivity index (χ0v) is 14.5. The summed E-state index contributed by atoms with van der Waals surface area (Å²) in [5.74, 6) is 0.188. The molecule has 1 aromatic rings. The lowest BCUT2D eigenvalue weighted by molar-refractivity contribution is -0.121. The number of carbonyl (C=O) groups is 1. The zero-order chi connectivity index (χ0) is 15.8. The molecule has 0 saturated carbocycles. The molecule has 0 aromatic carbocycles. The molecule has 1 aliphatic heterocycles. The average molecular weight is 324 g/mol. The number of carbonyl (C=O) groups excluding carboxylic acids is 1. The molecule has 2 rings (SSSR count). The van der Waals surface area contributed by atoms with Crippen molar-refractivity contribution in [2.75, 3.05) is 19.6 Å². The summed E-state index contributed by atoms with van der Waals surface area (Å²) >= 11 is 1.87. The Hall–Kier alpha value is -0.910. The highest BCUT2D eigenvalue weighted by atomic mass is 32.1. The topological polar surface area (TPSA) is 58.4 Å². The summed E-state index contributed by atoms with van der Waals surface area (Å²) in [4.78, 5) is 15.9. The number of nitrogens with zero attached hydrogens (tertiary/aromatic N) is 1. The van der Waals surface area contributed by atoms with Crippen molar-refractivity contribution in [3.8, 4) is 0 Å². The lowest BCUT2D eigenvalue weighted by Gasteiger charge is -2.32. The van der Waals surface area contributed by atoms with E-state index in [0.29, 0.717) is 12.5 Å².